The number of benzene rings is 4. The number of hydrogen-bond donors (Lipinski definition) is 0. The molecule has 4 heteroatoms. The monoisotopic (exact) mass is 740 g/mol. The fourth-order valence-corrected chi connectivity index (χ4v) is 5.57. The second-order valence-electron chi connectivity index (χ2n) is 14.3. The van der Waals surface area contributed by atoms with Crippen LogP contribution in [0.25, 0.3) is 43.8 Å². The molecule has 6 rings (SSSR count). The third-order valence-corrected chi connectivity index (χ3v) is 7.91. The fraction of sp³-hybridized carbons (Fsp3) is 0.286. The Bertz CT molecular complexity index is 1720. The summed E-state index contributed by atoms with van der Waals surface area (Å²) in [5, 5.41) is 5.38. The van der Waals surface area contributed by atoms with E-state index >= 15 is 0 Å². The molecule has 0 amide bonds. The summed E-state index contributed by atoms with van der Waals surface area (Å²) in [4.78, 5) is 0. The van der Waals surface area contributed by atoms with E-state index in [-0.39, 0.29) is 41.1 Å². The Kier molecular flexibility index (Phi) is 14.5. The topological polar surface area (TPSA) is 0 Å². The summed E-state index contributed by atoms with van der Waals surface area (Å²) >= 11 is 1.74. The smallest absolute Gasteiger partial charge is 0.0132 e. The van der Waals surface area contributed by atoms with Crippen LogP contribution in [0.3, 0.4) is 0 Å². The average molecular weight is 743 g/mol. The SMILES string of the molecule is C[Si](C)=[Zr+2].Cc1cc2c(-c3ccc(C(C)(C)C)cc3)cccc2[cH-]1.Cc1cc2c(-c3ccc(C(C)(C)C)cc3)cccc2[cH-]1.[Cl-].[Cl-]. The van der Waals surface area contributed by atoms with Gasteiger partial charge in [-0.3, -0.25) is 0 Å². The Hall–Kier alpha value is -2.22. The summed E-state index contributed by atoms with van der Waals surface area (Å²) in [5.74, 6) is 0. The minimum absolute atomic E-state index is 0. The van der Waals surface area contributed by atoms with Crippen molar-refractivity contribution in [3.63, 3.8) is 0 Å². The maximum atomic E-state index is 2.31. The van der Waals surface area contributed by atoms with E-state index < -0.39 is 0 Å². The Morgan fingerprint density at radius 2 is 0.826 bits per heavy atom. The minimum atomic E-state index is 0. The van der Waals surface area contributed by atoms with E-state index in [1.807, 2.05) is 0 Å². The van der Waals surface area contributed by atoms with Crippen molar-refractivity contribution in [1.29, 1.82) is 0 Å². The molecule has 0 nitrogen and oxygen atoms in total. The van der Waals surface area contributed by atoms with Crippen LogP contribution >= 0.6 is 0 Å². The van der Waals surface area contributed by atoms with Gasteiger partial charge in [0.15, 0.2) is 0 Å². The second kappa shape index (κ2) is 16.7. The predicted molar refractivity (Wildman–Crippen MR) is 194 cm³/mol. The van der Waals surface area contributed by atoms with Crippen LogP contribution in [0.1, 0.15) is 63.8 Å². The molecule has 0 heterocycles. The van der Waals surface area contributed by atoms with Crippen molar-refractivity contribution in [2.45, 2.75) is 79.3 Å². The largest absolute Gasteiger partial charge is 1.00 e. The molecule has 46 heavy (non-hydrogen) atoms. The van der Waals surface area contributed by atoms with E-state index in [0.717, 1.165) is 0 Å². The molecular weight excluding hydrogens is 695 g/mol. The van der Waals surface area contributed by atoms with Gasteiger partial charge in [-0.25, -0.2) is 0 Å². The Morgan fingerprint density at radius 3 is 1.11 bits per heavy atom. The summed E-state index contributed by atoms with van der Waals surface area (Å²) in [6.07, 6.45) is 0. The number of rotatable bonds is 2. The van der Waals surface area contributed by atoms with Crippen molar-refractivity contribution in [3.05, 3.63) is 131 Å². The first-order chi connectivity index (χ1) is 20.6. The van der Waals surface area contributed by atoms with Crippen LogP contribution in [-0.4, -0.2) is 5.43 Å². The van der Waals surface area contributed by atoms with Crippen molar-refractivity contribution < 1.29 is 48.1 Å². The Labute approximate surface area is 306 Å². The molecule has 0 spiro atoms. The van der Waals surface area contributed by atoms with E-state index in [1.165, 1.54) is 66.1 Å². The first kappa shape index (κ1) is 40.0. The first-order valence-electron chi connectivity index (χ1n) is 15.7. The number of aryl methyl sites for hydroxylation is 2. The summed E-state index contributed by atoms with van der Waals surface area (Å²) in [6.45, 7) is 22.5. The molecule has 240 valence electrons. The first-order valence-corrected chi connectivity index (χ1v) is 21.9. The molecule has 0 saturated carbocycles. The quantitative estimate of drug-likeness (QED) is 0.141. The Balaban J connectivity index is 0.000000276. The van der Waals surface area contributed by atoms with Crippen LogP contribution in [0.4, 0.5) is 0 Å². The van der Waals surface area contributed by atoms with Gasteiger partial charge in [-0.1, -0.05) is 127 Å². The van der Waals surface area contributed by atoms with Gasteiger partial charge in [0.25, 0.3) is 0 Å². The maximum absolute atomic E-state index is 2.31. The summed E-state index contributed by atoms with van der Waals surface area (Å²) in [5.41, 5.74) is 11.3. The molecule has 0 fully saturated rings. The molecule has 6 aromatic carbocycles. The molecule has 0 unspecified atom stereocenters. The van der Waals surface area contributed by atoms with Crippen molar-refractivity contribution in [2.24, 2.45) is 0 Å². The van der Waals surface area contributed by atoms with Gasteiger partial charge in [-0.2, -0.15) is 12.1 Å². The van der Waals surface area contributed by atoms with E-state index in [9.17, 15) is 0 Å². The van der Waals surface area contributed by atoms with E-state index in [0.29, 0.717) is 0 Å². The molecule has 0 aromatic heterocycles. The molecule has 0 atom stereocenters. The Morgan fingerprint density at radius 1 is 0.522 bits per heavy atom. The number of fused-ring (bicyclic) bond motifs is 2. The van der Waals surface area contributed by atoms with Crippen LogP contribution in [-0.2, 0) is 34.2 Å². The zero-order valence-corrected chi connectivity index (χ0v) is 34.1. The van der Waals surface area contributed by atoms with Crippen molar-refractivity contribution in [3.8, 4) is 22.3 Å². The molecule has 0 saturated heterocycles. The third kappa shape index (κ3) is 10.4. The zero-order chi connectivity index (χ0) is 32.2. The molecule has 6 aromatic rings. The van der Waals surface area contributed by atoms with Gasteiger partial charge in [0.2, 0.25) is 0 Å². The molecule has 0 aliphatic carbocycles. The van der Waals surface area contributed by atoms with Crippen molar-refractivity contribution in [2.75, 3.05) is 0 Å². The van der Waals surface area contributed by atoms with Gasteiger partial charge in [-0.05, 0) is 33.1 Å². The second-order valence-corrected chi connectivity index (χ2v) is 23.7. The fourth-order valence-electron chi connectivity index (χ4n) is 5.57. The van der Waals surface area contributed by atoms with Gasteiger partial charge in [0.1, 0.15) is 0 Å². The van der Waals surface area contributed by atoms with Gasteiger partial charge < -0.3 is 24.8 Å². The van der Waals surface area contributed by atoms with Crippen LogP contribution in [0, 0.1) is 13.8 Å². The molecule has 0 N–H and O–H groups in total. The van der Waals surface area contributed by atoms with Crippen molar-refractivity contribution in [1.82, 2.24) is 0 Å². The minimum Gasteiger partial charge on any atom is -1.00 e. The van der Waals surface area contributed by atoms with Crippen LogP contribution in [0.15, 0.2) is 109 Å². The maximum Gasteiger partial charge on any atom is -0.0132 e. The zero-order valence-electron chi connectivity index (χ0n) is 29.1. The van der Waals surface area contributed by atoms with Gasteiger partial charge >= 0.3 is 41.9 Å². The predicted octanol–water partition coefficient (Wildman–Crippen LogP) is 6.46. The van der Waals surface area contributed by atoms with E-state index in [2.05, 4.69) is 178 Å². The number of hydrogen-bond acceptors (Lipinski definition) is 0. The molecule has 0 bridgehead atoms. The summed E-state index contributed by atoms with van der Waals surface area (Å²) in [7, 11) is 0. The summed E-state index contributed by atoms with van der Waals surface area (Å²) < 4.78 is 0. The van der Waals surface area contributed by atoms with Crippen LogP contribution in [0.5, 0.6) is 0 Å². The number of halogens is 2. The van der Waals surface area contributed by atoms with Gasteiger partial charge in [-0.15, -0.1) is 69.1 Å². The van der Waals surface area contributed by atoms with E-state index in [1.54, 1.807) is 23.3 Å². The standard InChI is InChI=1S/2C20H21.C2H6Si.2ClH.Zr/c2*1-14-12-16-6-5-7-18(19(16)13-14)15-8-10-17(11-9-15)20(2,3)4;1-3-2;;;/h2*5-13H,1-4H3;1-2H3;2*1H;/q2*-1;;;;+2/p-2. The van der Waals surface area contributed by atoms with Crippen LogP contribution < -0.4 is 24.8 Å². The molecule has 0 radical (unpaired) electrons. The van der Waals surface area contributed by atoms with Gasteiger partial charge in [0, 0.05) is 0 Å². The molecule has 0 aliphatic heterocycles. The molecular formula is C42H48Cl2SiZr-2. The summed E-state index contributed by atoms with van der Waals surface area (Å²) in [6, 6.07) is 40.2. The normalized spacial score (nSPS) is 11.0. The van der Waals surface area contributed by atoms with Crippen molar-refractivity contribution >= 4 is 27.0 Å². The van der Waals surface area contributed by atoms with Crippen LogP contribution in [0.2, 0.25) is 13.1 Å². The molecule has 0 aliphatic rings. The third-order valence-electron chi connectivity index (χ3n) is 7.91. The average Bonchev–Trinajstić information content (AvgIpc) is 3.53. The van der Waals surface area contributed by atoms with Gasteiger partial charge in [0.05, 0.1) is 0 Å². The van der Waals surface area contributed by atoms with E-state index in [4.69, 9.17) is 0 Å².